The third kappa shape index (κ3) is 3.86. The molecule has 2 amide bonds. The summed E-state index contributed by atoms with van der Waals surface area (Å²) in [5, 5.41) is 14.5. The van der Waals surface area contributed by atoms with Gasteiger partial charge in [0.2, 0.25) is 0 Å². The van der Waals surface area contributed by atoms with E-state index in [0.29, 0.717) is 15.5 Å². The van der Waals surface area contributed by atoms with Crippen LogP contribution in [0.4, 0.5) is 4.79 Å². The van der Waals surface area contributed by atoms with E-state index < -0.39 is 5.97 Å². The maximum absolute atomic E-state index is 12.1. The van der Waals surface area contributed by atoms with Gasteiger partial charge in [0, 0.05) is 29.0 Å². The molecule has 1 aromatic rings. The zero-order chi connectivity index (χ0) is 14.7. The smallest absolute Gasteiger partial charge is 0.355 e. The van der Waals surface area contributed by atoms with Gasteiger partial charge in [-0.3, -0.25) is 0 Å². The molecule has 0 radical (unpaired) electrons. The normalized spacial score (nSPS) is 22.6. The summed E-state index contributed by atoms with van der Waals surface area (Å²) in [4.78, 5) is 28.5. The van der Waals surface area contributed by atoms with Crippen LogP contribution in [0.25, 0.3) is 0 Å². The number of nitrogens with zero attached hydrogens (tertiary/aromatic N) is 2. The molecule has 2 atom stereocenters. The number of aromatic nitrogens is 1. The number of aromatic carboxylic acids is 1. The lowest BCUT2D eigenvalue weighted by Crippen LogP contribution is -2.48. The molecular formula is C12H17N3O3S2. The molecule has 1 aliphatic heterocycles. The van der Waals surface area contributed by atoms with Crippen LogP contribution < -0.4 is 5.32 Å². The first kappa shape index (κ1) is 15.1. The van der Waals surface area contributed by atoms with E-state index in [-0.39, 0.29) is 18.3 Å². The maximum atomic E-state index is 12.1. The van der Waals surface area contributed by atoms with Gasteiger partial charge in [-0.1, -0.05) is 13.8 Å². The van der Waals surface area contributed by atoms with Crippen LogP contribution in [0.1, 0.15) is 29.3 Å². The molecule has 1 aromatic heterocycles. The minimum absolute atomic E-state index is 0.0239. The minimum Gasteiger partial charge on any atom is -0.476 e. The van der Waals surface area contributed by atoms with E-state index in [2.05, 4.69) is 24.1 Å². The second kappa shape index (κ2) is 6.45. The fraction of sp³-hybridized carbons (Fsp3) is 0.583. The summed E-state index contributed by atoms with van der Waals surface area (Å²) in [6.45, 7) is 5.96. The van der Waals surface area contributed by atoms with Gasteiger partial charge in [0.25, 0.3) is 0 Å². The molecule has 2 heterocycles. The van der Waals surface area contributed by atoms with Crippen LogP contribution in [0.3, 0.4) is 0 Å². The number of carboxylic acid groups (broad SMARTS) is 1. The Morgan fingerprint density at radius 2 is 2.10 bits per heavy atom. The molecule has 1 saturated heterocycles. The van der Waals surface area contributed by atoms with E-state index in [0.717, 1.165) is 13.1 Å². The number of hydrogen-bond donors (Lipinski definition) is 2. The number of hydrogen-bond acceptors (Lipinski definition) is 5. The predicted molar refractivity (Wildman–Crippen MR) is 79.4 cm³/mol. The highest BCUT2D eigenvalue weighted by molar-refractivity contribution is 8.00. The van der Waals surface area contributed by atoms with Crippen molar-refractivity contribution in [1.82, 2.24) is 15.2 Å². The summed E-state index contributed by atoms with van der Waals surface area (Å²) in [6, 6.07) is -0.115. The summed E-state index contributed by atoms with van der Waals surface area (Å²) >= 11 is 3.12. The quantitative estimate of drug-likeness (QED) is 0.890. The number of urea groups is 1. The Morgan fingerprint density at radius 1 is 1.45 bits per heavy atom. The second-order valence-electron chi connectivity index (χ2n) is 4.75. The van der Waals surface area contributed by atoms with Crippen molar-refractivity contribution in [3.8, 4) is 0 Å². The SMILES string of the molecule is CC1CN(C(=O)NCc2nc(C(=O)O)cs2)CC(C)S1. The molecular weight excluding hydrogens is 298 g/mol. The van der Waals surface area contributed by atoms with Crippen molar-refractivity contribution in [3.63, 3.8) is 0 Å². The summed E-state index contributed by atoms with van der Waals surface area (Å²) in [6.07, 6.45) is 0. The van der Waals surface area contributed by atoms with Gasteiger partial charge in [0.15, 0.2) is 5.69 Å². The first-order valence-electron chi connectivity index (χ1n) is 6.31. The zero-order valence-corrected chi connectivity index (χ0v) is 13.0. The summed E-state index contributed by atoms with van der Waals surface area (Å²) in [7, 11) is 0. The number of carbonyl (C=O) groups is 2. The van der Waals surface area contributed by atoms with Crippen LogP contribution in [0.5, 0.6) is 0 Å². The van der Waals surface area contributed by atoms with Gasteiger partial charge in [-0.25, -0.2) is 14.6 Å². The van der Waals surface area contributed by atoms with Crippen LogP contribution in [-0.2, 0) is 6.54 Å². The highest BCUT2D eigenvalue weighted by atomic mass is 32.2. The standard InChI is InChI=1S/C12H17N3O3S2/c1-7-4-15(5-8(2)20-7)12(18)13-3-10-14-9(6-19-10)11(16)17/h6-8H,3-5H2,1-2H3,(H,13,18)(H,16,17). The van der Waals surface area contributed by atoms with E-state index in [1.165, 1.54) is 16.7 Å². The molecule has 20 heavy (non-hydrogen) atoms. The zero-order valence-electron chi connectivity index (χ0n) is 11.3. The van der Waals surface area contributed by atoms with Gasteiger partial charge in [-0.2, -0.15) is 11.8 Å². The van der Waals surface area contributed by atoms with E-state index in [1.807, 2.05) is 11.8 Å². The van der Waals surface area contributed by atoms with Crippen molar-refractivity contribution < 1.29 is 14.7 Å². The molecule has 2 unspecified atom stereocenters. The van der Waals surface area contributed by atoms with E-state index in [9.17, 15) is 9.59 Å². The van der Waals surface area contributed by atoms with Crippen molar-refractivity contribution >= 4 is 35.1 Å². The third-order valence-electron chi connectivity index (χ3n) is 2.87. The van der Waals surface area contributed by atoms with Gasteiger partial charge in [-0.05, 0) is 0 Å². The van der Waals surface area contributed by atoms with Crippen molar-refractivity contribution in [2.45, 2.75) is 30.9 Å². The minimum atomic E-state index is -1.05. The van der Waals surface area contributed by atoms with E-state index in [1.54, 1.807) is 4.90 Å². The fourth-order valence-electron chi connectivity index (χ4n) is 2.10. The molecule has 8 heteroatoms. The van der Waals surface area contributed by atoms with Gasteiger partial charge in [-0.15, -0.1) is 11.3 Å². The maximum Gasteiger partial charge on any atom is 0.355 e. The van der Waals surface area contributed by atoms with Crippen molar-refractivity contribution in [3.05, 3.63) is 16.1 Å². The van der Waals surface area contributed by atoms with Gasteiger partial charge in [0.1, 0.15) is 5.01 Å². The highest BCUT2D eigenvalue weighted by Crippen LogP contribution is 2.24. The van der Waals surface area contributed by atoms with Gasteiger partial charge in [0.05, 0.1) is 6.54 Å². The molecule has 1 aliphatic rings. The van der Waals surface area contributed by atoms with Gasteiger partial charge < -0.3 is 15.3 Å². The van der Waals surface area contributed by atoms with Crippen LogP contribution >= 0.6 is 23.1 Å². The number of rotatable bonds is 3. The molecule has 2 rings (SSSR count). The summed E-state index contributed by atoms with van der Waals surface area (Å²) in [5.74, 6) is -1.05. The first-order chi connectivity index (χ1) is 9.45. The van der Waals surface area contributed by atoms with Crippen molar-refractivity contribution in [1.29, 1.82) is 0 Å². The van der Waals surface area contributed by atoms with Crippen LogP contribution in [0.2, 0.25) is 0 Å². The predicted octanol–water partition coefficient (Wildman–Crippen LogP) is 1.88. The number of carbonyl (C=O) groups excluding carboxylic acids is 1. The molecule has 0 spiro atoms. The molecule has 0 bridgehead atoms. The fourth-order valence-corrected chi connectivity index (χ4v) is 4.13. The number of carboxylic acids is 1. The molecule has 110 valence electrons. The number of amides is 2. The first-order valence-corrected chi connectivity index (χ1v) is 8.14. The Morgan fingerprint density at radius 3 is 2.65 bits per heavy atom. The largest absolute Gasteiger partial charge is 0.476 e. The van der Waals surface area contributed by atoms with E-state index in [4.69, 9.17) is 5.11 Å². The monoisotopic (exact) mass is 315 g/mol. The Kier molecular flexibility index (Phi) is 4.87. The molecule has 0 aromatic carbocycles. The topological polar surface area (TPSA) is 82.5 Å². The van der Waals surface area contributed by atoms with E-state index >= 15 is 0 Å². The molecule has 1 fully saturated rings. The average Bonchev–Trinajstić information content (AvgIpc) is 2.83. The Bertz CT molecular complexity index is 496. The van der Waals surface area contributed by atoms with Crippen LogP contribution in [0, 0.1) is 0 Å². The Labute approximate surface area is 125 Å². The average molecular weight is 315 g/mol. The lowest BCUT2D eigenvalue weighted by atomic mass is 10.3. The number of thiazole rings is 1. The number of thioether (sulfide) groups is 1. The Balaban J connectivity index is 1.86. The molecule has 0 aliphatic carbocycles. The van der Waals surface area contributed by atoms with Gasteiger partial charge >= 0.3 is 12.0 Å². The van der Waals surface area contributed by atoms with Crippen LogP contribution in [-0.4, -0.2) is 50.6 Å². The number of nitrogens with one attached hydrogen (secondary N) is 1. The second-order valence-corrected chi connectivity index (χ2v) is 7.58. The molecule has 2 N–H and O–H groups in total. The molecule has 6 nitrogen and oxygen atoms in total. The lowest BCUT2D eigenvalue weighted by Gasteiger charge is -2.34. The molecule has 0 saturated carbocycles. The third-order valence-corrected chi connectivity index (χ3v) is 4.94. The Hall–Kier alpha value is -1.28. The summed E-state index contributed by atoms with van der Waals surface area (Å²) < 4.78 is 0. The van der Waals surface area contributed by atoms with Crippen LogP contribution in [0.15, 0.2) is 5.38 Å². The lowest BCUT2D eigenvalue weighted by molar-refractivity contribution is 0.0691. The highest BCUT2D eigenvalue weighted by Gasteiger charge is 2.25. The summed E-state index contributed by atoms with van der Waals surface area (Å²) in [5.41, 5.74) is 0.0239. The van der Waals surface area contributed by atoms with Crippen molar-refractivity contribution in [2.75, 3.05) is 13.1 Å². The van der Waals surface area contributed by atoms with Crippen molar-refractivity contribution in [2.24, 2.45) is 0 Å².